The molecule has 0 fully saturated rings. The molecule has 2 nitrogen and oxygen atoms in total. The molecule has 0 aromatic carbocycles. The van der Waals surface area contributed by atoms with Gasteiger partial charge in [-0.1, -0.05) is 90.4 Å². The summed E-state index contributed by atoms with van der Waals surface area (Å²) in [5.74, 6) is 0. The first kappa shape index (κ1) is 20.3. The lowest BCUT2D eigenvalue weighted by Crippen LogP contribution is -2.02. The van der Waals surface area contributed by atoms with E-state index >= 15 is 0 Å². The lowest BCUT2D eigenvalue weighted by atomic mass is 10.0. The van der Waals surface area contributed by atoms with E-state index in [1.807, 2.05) is 0 Å². The zero-order chi connectivity index (χ0) is 16.8. The summed E-state index contributed by atoms with van der Waals surface area (Å²) in [7, 11) is 0. The van der Waals surface area contributed by atoms with E-state index in [1.54, 1.807) is 0 Å². The number of rotatable bonds is 15. The first-order chi connectivity index (χ1) is 11.2. The van der Waals surface area contributed by atoms with E-state index in [1.165, 1.54) is 95.6 Å². The van der Waals surface area contributed by atoms with Crippen LogP contribution in [0.2, 0.25) is 0 Å². The maximum atomic E-state index is 4.53. The van der Waals surface area contributed by atoms with Gasteiger partial charge in [-0.15, -0.1) is 0 Å². The highest BCUT2D eigenvalue weighted by molar-refractivity contribution is 5.06. The molecule has 1 rings (SSSR count). The van der Waals surface area contributed by atoms with E-state index in [2.05, 4.69) is 36.6 Å². The van der Waals surface area contributed by atoms with Crippen LogP contribution in [0, 0.1) is 13.8 Å². The van der Waals surface area contributed by atoms with Gasteiger partial charge in [0, 0.05) is 12.2 Å². The predicted octanol–water partition coefficient (Wildman–Crippen LogP) is 6.98. The molecule has 1 aromatic rings. The predicted molar refractivity (Wildman–Crippen MR) is 102 cm³/mol. The fourth-order valence-corrected chi connectivity index (χ4v) is 3.36. The quantitative estimate of drug-likeness (QED) is 0.319. The van der Waals surface area contributed by atoms with Crippen LogP contribution in [0.4, 0.5) is 0 Å². The molecule has 1 heterocycles. The fourth-order valence-electron chi connectivity index (χ4n) is 3.36. The normalized spacial score (nSPS) is 11.3. The average molecular weight is 321 g/mol. The van der Waals surface area contributed by atoms with Crippen molar-refractivity contribution in [1.29, 1.82) is 0 Å². The molecular formula is C21H40N2. The van der Waals surface area contributed by atoms with Crippen molar-refractivity contribution in [3.05, 3.63) is 17.5 Å². The van der Waals surface area contributed by atoms with Gasteiger partial charge in [-0.2, -0.15) is 5.10 Å². The SMILES string of the molecule is CCCCCCCCCCCCCCCCn1nc(C)cc1C. The number of unbranched alkanes of at least 4 members (excludes halogenated alkanes) is 13. The Bertz CT molecular complexity index is 381. The Morgan fingerprint density at radius 1 is 0.696 bits per heavy atom. The minimum Gasteiger partial charge on any atom is -0.270 e. The van der Waals surface area contributed by atoms with Gasteiger partial charge in [-0.05, 0) is 26.3 Å². The van der Waals surface area contributed by atoms with Gasteiger partial charge in [-0.3, -0.25) is 4.68 Å². The summed E-state index contributed by atoms with van der Waals surface area (Å²) in [6.45, 7) is 7.62. The van der Waals surface area contributed by atoms with Crippen LogP contribution in [-0.4, -0.2) is 9.78 Å². The molecule has 0 radical (unpaired) electrons. The van der Waals surface area contributed by atoms with Crippen molar-refractivity contribution in [2.75, 3.05) is 0 Å². The second-order valence-electron chi connectivity index (χ2n) is 7.25. The van der Waals surface area contributed by atoms with Gasteiger partial charge < -0.3 is 0 Å². The Balaban J connectivity index is 1.79. The van der Waals surface area contributed by atoms with Crippen LogP contribution in [0.1, 0.15) is 108 Å². The Hall–Kier alpha value is -0.790. The molecule has 0 bridgehead atoms. The molecule has 0 aliphatic carbocycles. The lowest BCUT2D eigenvalue weighted by Gasteiger charge is -2.05. The van der Waals surface area contributed by atoms with Gasteiger partial charge in [-0.25, -0.2) is 0 Å². The molecule has 1 aromatic heterocycles. The molecule has 23 heavy (non-hydrogen) atoms. The van der Waals surface area contributed by atoms with Gasteiger partial charge in [0.2, 0.25) is 0 Å². The van der Waals surface area contributed by atoms with Crippen LogP contribution in [0.15, 0.2) is 6.07 Å². The lowest BCUT2D eigenvalue weighted by molar-refractivity contribution is 0.505. The molecule has 0 saturated heterocycles. The van der Waals surface area contributed by atoms with Crippen LogP contribution in [-0.2, 0) is 6.54 Å². The second-order valence-corrected chi connectivity index (χ2v) is 7.25. The smallest absolute Gasteiger partial charge is 0.0596 e. The summed E-state index contributed by atoms with van der Waals surface area (Å²) in [6, 6.07) is 2.17. The standard InChI is InChI=1S/C21H40N2/c1-4-5-6-7-8-9-10-11-12-13-14-15-16-17-18-23-21(3)19-20(2)22-23/h19H,4-18H2,1-3H3. The van der Waals surface area contributed by atoms with E-state index < -0.39 is 0 Å². The topological polar surface area (TPSA) is 17.8 Å². The molecule has 0 amide bonds. The summed E-state index contributed by atoms with van der Waals surface area (Å²) in [5, 5.41) is 4.53. The van der Waals surface area contributed by atoms with Crippen molar-refractivity contribution >= 4 is 0 Å². The maximum Gasteiger partial charge on any atom is 0.0596 e. The molecule has 2 heteroatoms. The van der Waals surface area contributed by atoms with Crippen molar-refractivity contribution in [3.8, 4) is 0 Å². The van der Waals surface area contributed by atoms with Gasteiger partial charge in [0.25, 0.3) is 0 Å². The molecule has 0 aliphatic heterocycles. The molecule has 0 spiro atoms. The minimum absolute atomic E-state index is 1.09. The average Bonchev–Trinajstić information content (AvgIpc) is 2.85. The monoisotopic (exact) mass is 320 g/mol. The van der Waals surface area contributed by atoms with E-state index in [0.717, 1.165) is 12.2 Å². The van der Waals surface area contributed by atoms with E-state index in [4.69, 9.17) is 0 Å². The zero-order valence-electron chi connectivity index (χ0n) is 16.1. The largest absolute Gasteiger partial charge is 0.270 e. The van der Waals surface area contributed by atoms with Crippen LogP contribution < -0.4 is 0 Å². The Morgan fingerprint density at radius 2 is 1.13 bits per heavy atom. The van der Waals surface area contributed by atoms with Crippen molar-refractivity contribution in [2.45, 2.75) is 117 Å². The molecule has 0 N–H and O–H groups in total. The molecule has 0 aliphatic rings. The van der Waals surface area contributed by atoms with Crippen molar-refractivity contribution in [2.24, 2.45) is 0 Å². The van der Waals surface area contributed by atoms with Crippen LogP contribution in [0.25, 0.3) is 0 Å². The van der Waals surface area contributed by atoms with E-state index in [0.29, 0.717) is 0 Å². The Labute approximate surface area is 145 Å². The van der Waals surface area contributed by atoms with Crippen LogP contribution >= 0.6 is 0 Å². The molecule has 0 saturated carbocycles. The van der Waals surface area contributed by atoms with Crippen LogP contribution in [0.3, 0.4) is 0 Å². The number of nitrogens with zero attached hydrogens (tertiary/aromatic N) is 2. The Kier molecular flexibility index (Phi) is 12.0. The molecule has 134 valence electrons. The third-order valence-corrected chi connectivity index (χ3v) is 4.83. The van der Waals surface area contributed by atoms with Gasteiger partial charge in [0.05, 0.1) is 5.69 Å². The number of aromatic nitrogens is 2. The summed E-state index contributed by atoms with van der Waals surface area (Å²) in [6.07, 6.45) is 19.9. The van der Waals surface area contributed by atoms with Crippen molar-refractivity contribution < 1.29 is 0 Å². The minimum atomic E-state index is 1.09. The number of hydrogen-bond acceptors (Lipinski definition) is 1. The first-order valence-corrected chi connectivity index (χ1v) is 10.2. The van der Waals surface area contributed by atoms with Gasteiger partial charge in [0.1, 0.15) is 0 Å². The number of aryl methyl sites for hydroxylation is 3. The van der Waals surface area contributed by atoms with Crippen LogP contribution in [0.5, 0.6) is 0 Å². The van der Waals surface area contributed by atoms with Crippen molar-refractivity contribution in [3.63, 3.8) is 0 Å². The van der Waals surface area contributed by atoms with E-state index in [-0.39, 0.29) is 0 Å². The number of hydrogen-bond donors (Lipinski definition) is 0. The van der Waals surface area contributed by atoms with Gasteiger partial charge in [0.15, 0.2) is 0 Å². The third kappa shape index (κ3) is 10.6. The third-order valence-electron chi connectivity index (χ3n) is 4.83. The summed E-state index contributed by atoms with van der Waals surface area (Å²) in [4.78, 5) is 0. The highest BCUT2D eigenvalue weighted by Crippen LogP contribution is 2.13. The molecule has 0 atom stereocenters. The summed E-state index contributed by atoms with van der Waals surface area (Å²) >= 11 is 0. The van der Waals surface area contributed by atoms with E-state index in [9.17, 15) is 0 Å². The van der Waals surface area contributed by atoms with Gasteiger partial charge >= 0.3 is 0 Å². The first-order valence-electron chi connectivity index (χ1n) is 10.2. The highest BCUT2D eigenvalue weighted by atomic mass is 15.3. The highest BCUT2D eigenvalue weighted by Gasteiger charge is 2.00. The zero-order valence-corrected chi connectivity index (χ0v) is 16.1. The molecular weight excluding hydrogens is 280 g/mol. The van der Waals surface area contributed by atoms with Crippen molar-refractivity contribution in [1.82, 2.24) is 9.78 Å². The fraction of sp³-hybridized carbons (Fsp3) is 0.857. The second kappa shape index (κ2) is 13.6. The molecule has 0 unspecified atom stereocenters. The summed E-state index contributed by atoms with van der Waals surface area (Å²) < 4.78 is 2.16. The Morgan fingerprint density at radius 3 is 1.52 bits per heavy atom. The maximum absolute atomic E-state index is 4.53. The summed E-state index contributed by atoms with van der Waals surface area (Å²) in [5.41, 5.74) is 2.45.